The first-order valence-corrected chi connectivity index (χ1v) is 8.22. The summed E-state index contributed by atoms with van der Waals surface area (Å²) < 4.78 is 25.0. The fourth-order valence-corrected chi connectivity index (χ4v) is 2.38. The topological polar surface area (TPSA) is 94.5 Å². The summed E-state index contributed by atoms with van der Waals surface area (Å²) in [6.07, 6.45) is 2.74. The second-order valence-electron chi connectivity index (χ2n) is 5.57. The maximum atomic E-state index is 13.1. The minimum absolute atomic E-state index is 0.164. The van der Waals surface area contributed by atoms with Crippen molar-refractivity contribution in [2.75, 3.05) is 13.7 Å². The van der Waals surface area contributed by atoms with Crippen molar-refractivity contribution in [3.8, 4) is 17.2 Å². The number of hydrogen-bond acceptors (Lipinski definition) is 5. The molecule has 0 spiro atoms. The van der Waals surface area contributed by atoms with Crippen molar-refractivity contribution in [3.63, 3.8) is 0 Å². The van der Waals surface area contributed by atoms with E-state index in [0.29, 0.717) is 17.2 Å². The number of nitrogens with one attached hydrogen (secondary N) is 2. The number of imidazole rings is 1. The van der Waals surface area contributed by atoms with E-state index in [4.69, 9.17) is 9.47 Å². The van der Waals surface area contributed by atoms with Gasteiger partial charge in [-0.3, -0.25) is 25.0 Å². The van der Waals surface area contributed by atoms with Crippen molar-refractivity contribution < 1.29 is 23.5 Å². The molecule has 2 amide bonds. The summed E-state index contributed by atoms with van der Waals surface area (Å²) in [5.74, 6) is -0.653. The maximum absolute atomic E-state index is 13.1. The van der Waals surface area contributed by atoms with E-state index >= 15 is 0 Å². The van der Waals surface area contributed by atoms with E-state index in [1.54, 1.807) is 24.3 Å². The molecule has 0 fully saturated rings. The molecule has 3 aromatic rings. The number of para-hydroxylation sites is 2. The number of ether oxygens (including phenoxy) is 2. The number of carbonyl (C=O) groups is 2. The molecule has 0 saturated heterocycles. The van der Waals surface area contributed by atoms with Gasteiger partial charge in [0.05, 0.1) is 19.6 Å². The number of methoxy groups -OCH3 is 1. The third kappa shape index (κ3) is 4.44. The van der Waals surface area contributed by atoms with Crippen LogP contribution in [-0.2, 0) is 4.79 Å². The Morgan fingerprint density at radius 3 is 2.50 bits per heavy atom. The van der Waals surface area contributed by atoms with Crippen LogP contribution in [0.25, 0.3) is 5.69 Å². The molecule has 9 heteroatoms. The highest BCUT2D eigenvalue weighted by Crippen LogP contribution is 2.25. The molecule has 0 aliphatic rings. The first kappa shape index (κ1) is 18.9. The molecule has 0 radical (unpaired) electrons. The largest absolute Gasteiger partial charge is 0.493 e. The van der Waals surface area contributed by atoms with Crippen LogP contribution in [0.3, 0.4) is 0 Å². The van der Waals surface area contributed by atoms with Gasteiger partial charge in [-0.2, -0.15) is 0 Å². The molecule has 1 heterocycles. The highest BCUT2D eigenvalue weighted by molar-refractivity contribution is 5.94. The van der Waals surface area contributed by atoms with Crippen molar-refractivity contribution >= 4 is 11.8 Å². The van der Waals surface area contributed by atoms with Gasteiger partial charge in [-0.15, -0.1) is 0 Å². The zero-order valence-corrected chi connectivity index (χ0v) is 14.9. The summed E-state index contributed by atoms with van der Waals surface area (Å²) in [5, 5.41) is 0. The highest BCUT2D eigenvalue weighted by Gasteiger charge is 2.14. The molecule has 0 unspecified atom stereocenters. The number of aromatic nitrogens is 2. The Morgan fingerprint density at radius 2 is 1.79 bits per heavy atom. The Morgan fingerprint density at radius 1 is 1.07 bits per heavy atom. The number of rotatable bonds is 6. The van der Waals surface area contributed by atoms with E-state index in [1.165, 1.54) is 48.5 Å². The number of benzene rings is 2. The zero-order chi connectivity index (χ0) is 19.9. The molecule has 0 saturated carbocycles. The van der Waals surface area contributed by atoms with Crippen molar-refractivity contribution in [2.24, 2.45) is 0 Å². The lowest BCUT2D eigenvalue weighted by Gasteiger charge is -2.12. The predicted octanol–water partition coefficient (Wildman–Crippen LogP) is 1.86. The Bertz CT molecular complexity index is 972. The van der Waals surface area contributed by atoms with Crippen LogP contribution in [0.15, 0.2) is 61.1 Å². The van der Waals surface area contributed by atoms with Gasteiger partial charge >= 0.3 is 0 Å². The van der Waals surface area contributed by atoms with Gasteiger partial charge in [0, 0.05) is 5.69 Å². The monoisotopic (exact) mass is 384 g/mol. The number of hydrazine groups is 1. The number of carbonyl (C=O) groups excluding carboxylic acids is 2. The minimum Gasteiger partial charge on any atom is -0.493 e. The first-order chi connectivity index (χ1) is 13.6. The average molecular weight is 384 g/mol. The van der Waals surface area contributed by atoms with Crippen LogP contribution in [-0.4, -0.2) is 35.1 Å². The normalized spacial score (nSPS) is 10.2. The van der Waals surface area contributed by atoms with Crippen LogP contribution in [0.2, 0.25) is 0 Å². The van der Waals surface area contributed by atoms with Crippen molar-refractivity contribution in [2.45, 2.75) is 0 Å². The van der Waals surface area contributed by atoms with Crippen LogP contribution in [0, 0.1) is 5.82 Å². The number of amides is 2. The standard InChI is InChI=1S/C19H17FN4O4/c1-27-16-4-2-3-5-17(16)28-11-18(25)22-23-19(26)15-10-21-12-24(15)14-8-6-13(20)7-9-14/h2-10,12H,11H2,1H3,(H,22,25)(H,23,26). The third-order valence-corrected chi connectivity index (χ3v) is 3.72. The minimum atomic E-state index is -0.590. The lowest BCUT2D eigenvalue weighted by molar-refractivity contribution is -0.123. The molecule has 0 bridgehead atoms. The molecular formula is C19H17FN4O4. The first-order valence-electron chi connectivity index (χ1n) is 8.22. The molecule has 144 valence electrons. The molecule has 28 heavy (non-hydrogen) atoms. The van der Waals surface area contributed by atoms with Gasteiger partial charge < -0.3 is 9.47 Å². The summed E-state index contributed by atoms with van der Waals surface area (Å²) in [6.45, 7) is -0.322. The summed E-state index contributed by atoms with van der Waals surface area (Å²) in [7, 11) is 1.49. The fraction of sp³-hybridized carbons (Fsp3) is 0.105. The van der Waals surface area contributed by atoms with E-state index < -0.39 is 17.6 Å². The van der Waals surface area contributed by atoms with E-state index in [9.17, 15) is 14.0 Å². The lowest BCUT2D eigenvalue weighted by atomic mass is 10.3. The smallest absolute Gasteiger partial charge is 0.288 e. The number of hydrogen-bond donors (Lipinski definition) is 2. The number of halogens is 1. The molecule has 1 aromatic heterocycles. The summed E-state index contributed by atoms with van der Waals surface area (Å²) in [6, 6.07) is 12.4. The molecule has 0 aliphatic carbocycles. The van der Waals surface area contributed by atoms with Crippen molar-refractivity contribution in [1.82, 2.24) is 20.4 Å². The summed E-state index contributed by atoms with van der Waals surface area (Å²) >= 11 is 0. The van der Waals surface area contributed by atoms with Crippen molar-refractivity contribution in [1.29, 1.82) is 0 Å². The van der Waals surface area contributed by atoms with E-state index in [1.807, 2.05) is 0 Å². The number of nitrogens with zero attached hydrogens (tertiary/aromatic N) is 2. The van der Waals surface area contributed by atoms with Gasteiger partial charge in [-0.25, -0.2) is 9.37 Å². The highest BCUT2D eigenvalue weighted by atomic mass is 19.1. The van der Waals surface area contributed by atoms with Gasteiger partial charge in [0.2, 0.25) is 0 Å². The lowest BCUT2D eigenvalue weighted by Crippen LogP contribution is -2.44. The molecule has 8 nitrogen and oxygen atoms in total. The summed E-state index contributed by atoms with van der Waals surface area (Å²) in [4.78, 5) is 28.2. The predicted molar refractivity (Wildman–Crippen MR) is 97.6 cm³/mol. The third-order valence-electron chi connectivity index (χ3n) is 3.72. The molecule has 0 aliphatic heterocycles. The molecule has 3 rings (SSSR count). The van der Waals surface area contributed by atoms with Crippen LogP contribution in [0.1, 0.15) is 10.5 Å². The van der Waals surface area contributed by atoms with Crippen LogP contribution >= 0.6 is 0 Å². The van der Waals surface area contributed by atoms with Gasteiger partial charge in [0.1, 0.15) is 11.5 Å². The summed E-state index contributed by atoms with van der Waals surface area (Å²) in [5.41, 5.74) is 5.26. The van der Waals surface area contributed by atoms with Gasteiger partial charge in [-0.1, -0.05) is 12.1 Å². The van der Waals surface area contributed by atoms with Crippen LogP contribution in [0.5, 0.6) is 11.5 Å². The SMILES string of the molecule is COc1ccccc1OCC(=O)NNC(=O)c1cncn1-c1ccc(F)cc1. The Balaban J connectivity index is 1.57. The Hall–Kier alpha value is -3.88. The molecule has 2 aromatic carbocycles. The van der Waals surface area contributed by atoms with Gasteiger partial charge in [-0.05, 0) is 36.4 Å². The quantitative estimate of drug-likeness (QED) is 0.633. The molecular weight excluding hydrogens is 367 g/mol. The van der Waals surface area contributed by atoms with Crippen molar-refractivity contribution in [3.05, 3.63) is 72.6 Å². The molecule has 2 N–H and O–H groups in total. The van der Waals surface area contributed by atoms with Crippen LogP contribution in [0.4, 0.5) is 4.39 Å². The fourth-order valence-electron chi connectivity index (χ4n) is 2.38. The van der Waals surface area contributed by atoms with E-state index in [0.717, 1.165) is 0 Å². The van der Waals surface area contributed by atoms with Gasteiger partial charge in [0.15, 0.2) is 18.1 Å². The second kappa shape index (κ2) is 8.67. The zero-order valence-electron chi connectivity index (χ0n) is 14.9. The van der Waals surface area contributed by atoms with Gasteiger partial charge in [0.25, 0.3) is 11.8 Å². The second-order valence-corrected chi connectivity index (χ2v) is 5.57. The Kier molecular flexibility index (Phi) is 5.85. The van der Waals surface area contributed by atoms with E-state index in [-0.39, 0.29) is 12.3 Å². The Labute approximate surface area is 159 Å². The van der Waals surface area contributed by atoms with Crippen LogP contribution < -0.4 is 20.3 Å². The average Bonchev–Trinajstić information content (AvgIpc) is 3.21. The van der Waals surface area contributed by atoms with E-state index in [2.05, 4.69) is 15.8 Å². The maximum Gasteiger partial charge on any atom is 0.288 e. The molecule has 0 atom stereocenters.